The van der Waals surface area contributed by atoms with Crippen molar-refractivity contribution in [3.63, 3.8) is 0 Å². The largest absolute Gasteiger partial charge is 0.459 e. The third-order valence-electron chi connectivity index (χ3n) is 3.53. The van der Waals surface area contributed by atoms with Crippen LogP contribution in [0.4, 0.5) is 5.69 Å². The molecule has 0 aliphatic rings. The first kappa shape index (κ1) is 19.5. The summed E-state index contributed by atoms with van der Waals surface area (Å²) >= 11 is 8.96. The lowest BCUT2D eigenvalue weighted by atomic mass is 10.2. The Balaban J connectivity index is 1.43. The summed E-state index contributed by atoms with van der Waals surface area (Å²) in [6, 6.07) is 14.4. The van der Waals surface area contributed by atoms with Crippen molar-refractivity contribution < 1.29 is 14.0 Å². The molecule has 0 aliphatic heterocycles. The Labute approximate surface area is 170 Å². The number of rotatable bonds is 8. The van der Waals surface area contributed by atoms with Crippen LogP contribution in [0.1, 0.15) is 21.0 Å². The standard InChI is InChI=1S/C19H17ClN2O3S2/c20-17-7-6-15(27-17)11-26-12-18(23)21-10-13-3-1-4-14(9-13)22-19(24)16-5-2-8-25-16/h1-9H,10-12H2,(H,21,23)(H,22,24). The third kappa shape index (κ3) is 6.16. The van der Waals surface area contributed by atoms with Crippen molar-refractivity contribution in [1.82, 2.24) is 5.32 Å². The topological polar surface area (TPSA) is 71.3 Å². The van der Waals surface area contributed by atoms with Crippen LogP contribution in [0.2, 0.25) is 4.34 Å². The van der Waals surface area contributed by atoms with Gasteiger partial charge in [0.1, 0.15) is 0 Å². The molecular weight excluding hydrogens is 404 g/mol. The number of furan rings is 1. The number of amides is 2. The minimum absolute atomic E-state index is 0.0346. The summed E-state index contributed by atoms with van der Waals surface area (Å²) in [4.78, 5) is 25.1. The van der Waals surface area contributed by atoms with E-state index in [2.05, 4.69) is 10.6 Å². The zero-order chi connectivity index (χ0) is 19.1. The van der Waals surface area contributed by atoms with Crippen LogP contribution in [0, 0.1) is 0 Å². The molecule has 5 nitrogen and oxygen atoms in total. The van der Waals surface area contributed by atoms with Gasteiger partial charge < -0.3 is 15.1 Å². The molecule has 0 bridgehead atoms. The maximum absolute atomic E-state index is 12.0. The molecule has 0 radical (unpaired) electrons. The summed E-state index contributed by atoms with van der Waals surface area (Å²) < 4.78 is 5.83. The van der Waals surface area contributed by atoms with Gasteiger partial charge in [0.05, 0.1) is 16.4 Å². The van der Waals surface area contributed by atoms with E-state index in [4.69, 9.17) is 16.0 Å². The Morgan fingerprint density at radius 2 is 2.04 bits per heavy atom. The highest BCUT2D eigenvalue weighted by Gasteiger charge is 2.09. The number of halogens is 1. The predicted octanol–water partition coefficient (Wildman–Crippen LogP) is 4.80. The second kappa shape index (κ2) is 9.64. The van der Waals surface area contributed by atoms with Crippen LogP contribution >= 0.6 is 34.7 Å². The van der Waals surface area contributed by atoms with Gasteiger partial charge in [-0.1, -0.05) is 23.7 Å². The Hall–Kier alpha value is -2.22. The van der Waals surface area contributed by atoms with E-state index in [1.807, 2.05) is 30.3 Å². The van der Waals surface area contributed by atoms with Crippen LogP contribution < -0.4 is 10.6 Å². The molecule has 0 saturated heterocycles. The van der Waals surface area contributed by atoms with Crippen molar-refractivity contribution >= 4 is 52.2 Å². The highest BCUT2D eigenvalue weighted by Crippen LogP contribution is 2.25. The molecule has 0 aliphatic carbocycles. The Morgan fingerprint density at radius 1 is 1.15 bits per heavy atom. The zero-order valence-electron chi connectivity index (χ0n) is 14.2. The van der Waals surface area contributed by atoms with Crippen LogP contribution in [0.15, 0.2) is 59.2 Å². The van der Waals surface area contributed by atoms with Crippen molar-refractivity contribution in [3.05, 3.63) is 75.3 Å². The number of thiophene rings is 1. The molecule has 27 heavy (non-hydrogen) atoms. The molecule has 140 valence electrons. The lowest BCUT2D eigenvalue weighted by Gasteiger charge is -2.08. The average molecular weight is 421 g/mol. The summed E-state index contributed by atoms with van der Waals surface area (Å²) in [6.45, 7) is 0.398. The maximum Gasteiger partial charge on any atom is 0.291 e. The van der Waals surface area contributed by atoms with Crippen LogP contribution in [0.3, 0.4) is 0 Å². The third-order valence-corrected chi connectivity index (χ3v) is 5.92. The number of nitrogens with one attached hydrogen (secondary N) is 2. The molecule has 0 spiro atoms. The molecule has 2 N–H and O–H groups in total. The molecule has 2 aromatic heterocycles. The normalized spacial score (nSPS) is 10.6. The van der Waals surface area contributed by atoms with E-state index in [0.717, 1.165) is 20.5 Å². The summed E-state index contributed by atoms with van der Waals surface area (Å²) in [5, 5.41) is 5.65. The zero-order valence-corrected chi connectivity index (χ0v) is 16.6. The second-order valence-corrected chi connectivity index (χ2v) is 8.39. The van der Waals surface area contributed by atoms with Crippen molar-refractivity contribution in [2.45, 2.75) is 12.3 Å². The SMILES string of the molecule is O=C(CSCc1ccc(Cl)s1)NCc1cccc(NC(=O)c2ccco2)c1. The Kier molecular flexibility index (Phi) is 6.98. The number of benzene rings is 1. The predicted molar refractivity (Wildman–Crippen MR) is 110 cm³/mol. The molecule has 0 atom stereocenters. The van der Waals surface area contributed by atoms with Crippen LogP contribution in [0.5, 0.6) is 0 Å². The van der Waals surface area contributed by atoms with Crippen molar-refractivity contribution in [1.29, 1.82) is 0 Å². The van der Waals surface area contributed by atoms with Crippen molar-refractivity contribution in [3.8, 4) is 0 Å². The van der Waals surface area contributed by atoms with Gasteiger partial charge in [0.15, 0.2) is 5.76 Å². The van der Waals surface area contributed by atoms with Crippen molar-refractivity contribution in [2.24, 2.45) is 0 Å². The summed E-state index contributed by atoms with van der Waals surface area (Å²) in [7, 11) is 0. The maximum atomic E-state index is 12.0. The molecule has 3 aromatic rings. The van der Waals surface area contributed by atoms with Gasteiger partial charge in [0.25, 0.3) is 5.91 Å². The Morgan fingerprint density at radius 3 is 2.78 bits per heavy atom. The molecule has 3 rings (SSSR count). The van der Waals surface area contributed by atoms with E-state index in [-0.39, 0.29) is 17.6 Å². The van der Waals surface area contributed by atoms with Gasteiger partial charge in [-0.05, 0) is 42.0 Å². The van der Waals surface area contributed by atoms with Gasteiger partial charge in [-0.15, -0.1) is 23.1 Å². The van der Waals surface area contributed by atoms with Gasteiger partial charge in [-0.3, -0.25) is 9.59 Å². The van der Waals surface area contributed by atoms with E-state index in [0.29, 0.717) is 18.0 Å². The quantitative estimate of drug-likeness (QED) is 0.549. The summed E-state index contributed by atoms with van der Waals surface area (Å²) in [5.41, 5.74) is 1.54. The Bertz CT molecular complexity index is 909. The lowest BCUT2D eigenvalue weighted by Crippen LogP contribution is -2.24. The van der Waals surface area contributed by atoms with Gasteiger partial charge in [-0.2, -0.15) is 0 Å². The first-order valence-corrected chi connectivity index (χ1v) is 10.5. The van der Waals surface area contributed by atoms with Crippen LogP contribution in [0.25, 0.3) is 0 Å². The molecule has 2 amide bonds. The lowest BCUT2D eigenvalue weighted by molar-refractivity contribution is -0.118. The molecule has 0 fully saturated rings. The number of carbonyl (C=O) groups is 2. The molecule has 2 heterocycles. The van der Waals surface area contributed by atoms with Crippen molar-refractivity contribution in [2.75, 3.05) is 11.1 Å². The highest BCUT2D eigenvalue weighted by molar-refractivity contribution is 7.99. The number of hydrogen-bond acceptors (Lipinski definition) is 5. The molecule has 8 heteroatoms. The van der Waals surface area contributed by atoms with Crippen LogP contribution in [-0.4, -0.2) is 17.6 Å². The van der Waals surface area contributed by atoms with Gasteiger partial charge in [0, 0.05) is 22.9 Å². The van der Waals surface area contributed by atoms with E-state index in [1.54, 1.807) is 30.0 Å². The fourth-order valence-electron chi connectivity index (χ4n) is 2.28. The molecular formula is C19H17ClN2O3S2. The summed E-state index contributed by atoms with van der Waals surface area (Å²) in [6.07, 6.45) is 1.45. The van der Waals surface area contributed by atoms with Gasteiger partial charge in [-0.25, -0.2) is 0 Å². The van der Waals surface area contributed by atoms with E-state index >= 15 is 0 Å². The summed E-state index contributed by atoms with van der Waals surface area (Å²) in [5.74, 6) is 1.04. The number of hydrogen-bond donors (Lipinski definition) is 2. The molecule has 1 aromatic carbocycles. The van der Waals surface area contributed by atoms with E-state index < -0.39 is 0 Å². The minimum atomic E-state index is -0.314. The van der Waals surface area contributed by atoms with Gasteiger partial charge >= 0.3 is 0 Å². The minimum Gasteiger partial charge on any atom is -0.459 e. The van der Waals surface area contributed by atoms with E-state index in [9.17, 15) is 9.59 Å². The molecule has 0 unspecified atom stereocenters. The fourth-order valence-corrected chi connectivity index (χ4v) is 4.34. The highest BCUT2D eigenvalue weighted by atomic mass is 35.5. The number of anilines is 1. The molecule has 0 saturated carbocycles. The van der Waals surface area contributed by atoms with Gasteiger partial charge in [0.2, 0.25) is 5.91 Å². The fraction of sp³-hybridized carbons (Fsp3) is 0.158. The monoisotopic (exact) mass is 420 g/mol. The first-order valence-electron chi connectivity index (χ1n) is 8.12. The van der Waals surface area contributed by atoms with Crippen LogP contribution in [-0.2, 0) is 17.1 Å². The smallest absolute Gasteiger partial charge is 0.291 e. The average Bonchev–Trinajstić information content (AvgIpc) is 3.32. The second-order valence-electron chi connectivity index (χ2n) is 5.61. The number of thioether (sulfide) groups is 1. The number of carbonyl (C=O) groups excluding carboxylic acids is 2. The van der Waals surface area contributed by atoms with E-state index in [1.165, 1.54) is 17.6 Å². The first-order chi connectivity index (χ1) is 13.1.